The maximum Gasteiger partial charge on any atom is 0.248 e. The highest BCUT2D eigenvalue weighted by atomic mass is 35.5. The highest BCUT2D eigenvalue weighted by molar-refractivity contribution is 7.16. The molecule has 0 fully saturated rings. The second-order valence-corrected chi connectivity index (χ2v) is 5.67. The van der Waals surface area contributed by atoms with Gasteiger partial charge in [-0.2, -0.15) is 0 Å². The molecule has 2 aromatic carbocycles. The number of amides is 1. The Bertz CT molecular complexity index is 826. The van der Waals surface area contributed by atoms with Crippen LogP contribution in [-0.4, -0.2) is 10.9 Å². The molecule has 3 rings (SSSR count). The number of hydrogen-bond donors (Lipinski definition) is 1. The molecule has 5 heteroatoms. The maximum absolute atomic E-state index is 11.9. The van der Waals surface area contributed by atoms with Gasteiger partial charge in [0, 0.05) is 16.8 Å². The van der Waals surface area contributed by atoms with Crippen molar-refractivity contribution in [3.05, 3.63) is 64.6 Å². The van der Waals surface area contributed by atoms with Crippen LogP contribution in [0.2, 0.25) is 5.02 Å². The summed E-state index contributed by atoms with van der Waals surface area (Å²) < 4.78 is 1.04. The normalized spacial score (nSPS) is 11.1. The highest BCUT2D eigenvalue weighted by Gasteiger charge is 2.02. The van der Waals surface area contributed by atoms with Gasteiger partial charge in [-0.05, 0) is 35.9 Å². The fourth-order valence-electron chi connectivity index (χ4n) is 1.89. The molecule has 1 aromatic heterocycles. The quantitative estimate of drug-likeness (QED) is 0.718. The lowest BCUT2D eigenvalue weighted by atomic mass is 10.2. The van der Waals surface area contributed by atoms with Crippen LogP contribution in [-0.2, 0) is 4.79 Å². The number of aromatic nitrogens is 1. The largest absolute Gasteiger partial charge is 0.322 e. The van der Waals surface area contributed by atoms with Gasteiger partial charge in [0.2, 0.25) is 5.91 Å². The molecule has 0 spiro atoms. The Hall–Kier alpha value is -2.17. The summed E-state index contributed by atoms with van der Waals surface area (Å²) in [6.07, 6.45) is 3.17. The molecule has 3 nitrogen and oxygen atoms in total. The van der Waals surface area contributed by atoms with E-state index in [0.29, 0.717) is 5.02 Å². The third-order valence-electron chi connectivity index (χ3n) is 2.92. The smallest absolute Gasteiger partial charge is 0.248 e. The van der Waals surface area contributed by atoms with Crippen molar-refractivity contribution in [1.82, 2.24) is 4.98 Å². The van der Waals surface area contributed by atoms with E-state index < -0.39 is 0 Å². The molecule has 3 aromatic rings. The van der Waals surface area contributed by atoms with Crippen molar-refractivity contribution < 1.29 is 4.79 Å². The van der Waals surface area contributed by atoms with E-state index in [1.165, 1.54) is 6.08 Å². The molecule has 0 saturated heterocycles. The molecule has 0 radical (unpaired) electrons. The molecule has 0 bridgehead atoms. The number of carbonyl (C=O) groups excluding carboxylic acids is 1. The molecule has 1 N–H and O–H groups in total. The van der Waals surface area contributed by atoms with Crippen LogP contribution < -0.4 is 5.32 Å². The Morgan fingerprint density at radius 1 is 1.24 bits per heavy atom. The Labute approximate surface area is 130 Å². The number of thiazole rings is 1. The molecule has 0 unspecified atom stereocenters. The second kappa shape index (κ2) is 6.08. The first-order valence-electron chi connectivity index (χ1n) is 6.29. The fraction of sp³-hybridized carbons (Fsp3) is 0. The minimum atomic E-state index is -0.196. The number of carbonyl (C=O) groups is 1. The number of halogens is 1. The molecule has 0 aliphatic rings. The molecule has 0 aliphatic heterocycles. The van der Waals surface area contributed by atoms with E-state index in [0.717, 1.165) is 21.5 Å². The van der Waals surface area contributed by atoms with Crippen LogP contribution in [0, 0.1) is 0 Å². The number of fused-ring (bicyclic) bond motifs is 1. The predicted octanol–water partition coefficient (Wildman–Crippen LogP) is 4.60. The lowest BCUT2D eigenvalue weighted by Gasteiger charge is -2.02. The monoisotopic (exact) mass is 314 g/mol. The van der Waals surface area contributed by atoms with Gasteiger partial charge in [-0.1, -0.05) is 29.8 Å². The summed E-state index contributed by atoms with van der Waals surface area (Å²) >= 11 is 7.58. The first kappa shape index (κ1) is 13.8. The van der Waals surface area contributed by atoms with Gasteiger partial charge < -0.3 is 5.32 Å². The summed E-state index contributed by atoms with van der Waals surface area (Å²) in [4.78, 5) is 16.1. The van der Waals surface area contributed by atoms with E-state index in [9.17, 15) is 4.79 Å². The van der Waals surface area contributed by atoms with Crippen molar-refractivity contribution in [2.24, 2.45) is 0 Å². The standard InChI is InChI=1S/C16H11ClN2OS/c17-13-4-2-1-3-11(13)5-8-16(20)19-12-6-7-14-15(9-12)21-10-18-14/h1-10H,(H,19,20)/b8-5+. The molecule has 0 aliphatic carbocycles. The minimum Gasteiger partial charge on any atom is -0.322 e. The first-order chi connectivity index (χ1) is 10.2. The molecule has 0 atom stereocenters. The zero-order chi connectivity index (χ0) is 14.7. The fourth-order valence-corrected chi connectivity index (χ4v) is 2.81. The number of rotatable bonds is 3. The van der Waals surface area contributed by atoms with E-state index in [1.807, 2.05) is 36.4 Å². The number of nitrogens with zero attached hydrogens (tertiary/aromatic N) is 1. The van der Waals surface area contributed by atoms with Crippen LogP contribution in [0.3, 0.4) is 0 Å². The van der Waals surface area contributed by atoms with Crippen molar-refractivity contribution in [1.29, 1.82) is 0 Å². The van der Waals surface area contributed by atoms with E-state index >= 15 is 0 Å². The number of nitrogens with one attached hydrogen (secondary N) is 1. The van der Waals surface area contributed by atoms with Gasteiger partial charge in [0.25, 0.3) is 0 Å². The van der Waals surface area contributed by atoms with Gasteiger partial charge in [-0.25, -0.2) is 4.98 Å². The van der Waals surface area contributed by atoms with E-state index in [-0.39, 0.29) is 5.91 Å². The SMILES string of the molecule is O=C(/C=C/c1ccccc1Cl)Nc1ccc2ncsc2c1. The summed E-state index contributed by atoms with van der Waals surface area (Å²) in [5.74, 6) is -0.196. The molecule has 1 heterocycles. The molecular formula is C16H11ClN2OS. The van der Waals surface area contributed by atoms with Crippen LogP contribution in [0.5, 0.6) is 0 Å². The van der Waals surface area contributed by atoms with E-state index in [2.05, 4.69) is 10.3 Å². The third-order valence-corrected chi connectivity index (χ3v) is 4.05. The van der Waals surface area contributed by atoms with E-state index in [1.54, 1.807) is 29.0 Å². The highest BCUT2D eigenvalue weighted by Crippen LogP contribution is 2.22. The van der Waals surface area contributed by atoms with Crippen molar-refractivity contribution in [3.63, 3.8) is 0 Å². The van der Waals surface area contributed by atoms with Crippen LogP contribution in [0.4, 0.5) is 5.69 Å². The van der Waals surface area contributed by atoms with Crippen molar-refractivity contribution in [3.8, 4) is 0 Å². The van der Waals surface area contributed by atoms with Crippen LogP contribution in [0.1, 0.15) is 5.56 Å². The predicted molar refractivity (Wildman–Crippen MR) is 88.7 cm³/mol. The molecule has 1 amide bonds. The summed E-state index contributed by atoms with van der Waals surface area (Å²) in [5, 5.41) is 3.44. The van der Waals surface area contributed by atoms with Gasteiger partial charge >= 0.3 is 0 Å². The van der Waals surface area contributed by atoms with Crippen molar-refractivity contribution in [2.75, 3.05) is 5.32 Å². The van der Waals surface area contributed by atoms with Crippen molar-refractivity contribution >= 4 is 50.8 Å². The number of hydrogen-bond acceptors (Lipinski definition) is 3. The summed E-state index contributed by atoms with van der Waals surface area (Å²) in [6.45, 7) is 0. The molecule has 104 valence electrons. The Kier molecular flexibility index (Phi) is 3.99. The minimum absolute atomic E-state index is 0.196. The van der Waals surface area contributed by atoms with Gasteiger partial charge in [0.05, 0.1) is 15.7 Å². The Morgan fingerprint density at radius 3 is 2.95 bits per heavy atom. The summed E-state index contributed by atoms with van der Waals surface area (Å²) in [5.41, 5.74) is 4.28. The lowest BCUT2D eigenvalue weighted by Crippen LogP contribution is -2.07. The third kappa shape index (κ3) is 3.29. The van der Waals surface area contributed by atoms with Crippen LogP contribution in [0.15, 0.2) is 54.1 Å². The zero-order valence-corrected chi connectivity index (χ0v) is 12.5. The number of anilines is 1. The average Bonchev–Trinajstić information content (AvgIpc) is 2.94. The molecule has 0 saturated carbocycles. The average molecular weight is 315 g/mol. The van der Waals surface area contributed by atoms with Crippen LogP contribution >= 0.6 is 22.9 Å². The van der Waals surface area contributed by atoms with Crippen LogP contribution in [0.25, 0.3) is 16.3 Å². The lowest BCUT2D eigenvalue weighted by molar-refractivity contribution is -0.111. The first-order valence-corrected chi connectivity index (χ1v) is 7.55. The van der Waals surface area contributed by atoms with Gasteiger partial charge in [-0.15, -0.1) is 11.3 Å². The summed E-state index contributed by atoms with van der Waals surface area (Å²) in [7, 11) is 0. The topological polar surface area (TPSA) is 42.0 Å². The van der Waals surface area contributed by atoms with Gasteiger partial charge in [0.15, 0.2) is 0 Å². The number of benzene rings is 2. The van der Waals surface area contributed by atoms with E-state index in [4.69, 9.17) is 11.6 Å². The molecule has 21 heavy (non-hydrogen) atoms. The molecular weight excluding hydrogens is 304 g/mol. The van der Waals surface area contributed by atoms with Crippen molar-refractivity contribution in [2.45, 2.75) is 0 Å². The Morgan fingerprint density at radius 2 is 2.10 bits per heavy atom. The van der Waals surface area contributed by atoms with Gasteiger partial charge in [-0.3, -0.25) is 4.79 Å². The van der Waals surface area contributed by atoms with Gasteiger partial charge in [0.1, 0.15) is 0 Å². The maximum atomic E-state index is 11.9. The zero-order valence-electron chi connectivity index (χ0n) is 10.9. The Balaban J connectivity index is 1.72. The summed E-state index contributed by atoms with van der Waals surface area (Å²) in [6, 6.07) is 13.0. The second-order valence-electron chi connectivity index (χ2n) is 4.38.